The number of piperazine rings is 1. The van der Waals surface area contributed by atoms with Crippen molar-refractivity contribution < 1.29 is 28.2 Å². The third-order valence-electron chi connectivity index (χ3n) is 6.69. The number of hydrogen-bond donors (Lipinski definition) is 2. The Kier molecular flexibility index (Phi) is 7.44. The van der Waals surface area contributed by atoms with Gasteiger partial charge in [0.2, 0.25) is 0 Å². The minimum Gasteiger partial charge on any atom is -0.480 e. The van der Waals surface area contributed by atoms with Crippen molar-refractivity contribution in [2.45, 2.75) is 37.8 Å². The van der Waals surface area contributed by atoms with E-state index in [0.29, 0.717) is 26.2 Å². The van der Waals surface area contributed by atoms with Gasteiger partial charge in [0.15, 0.2) is 5.60 Å². The van der Waals surface area contributed by atoms with Gasteiger partial charge in [0.05, 0.1) is 0 Å². The highest BCUT2D eigenvalue weighted by Crippen LogP contribution is 2.39. The monoisotopic (exact) mass is 499 g/mol. The van der Waals surface area contributed by atoms with Gasteiger partial charge < -0.3 is 10.2 Å². The van der Waals surface area contributed by atoms with Gasteiger partial charge in [-0.3, -0.25) is 19.6 Å². The number of nitrogens with zero attached hydrogens (tertiary/aromatic N) is 3. The first-order valence-electron chi connectivity index (χ1n) is 11.6. The molecule has 190 valence electrons. The third kappa shape index (κ3) is 5.75. The molecule has 1 fully saturated rings. The van der Waals surface area contributed by atoms with Gasteiger partial charge >= 0.3 is 12.1 Å². The second-order valence-electron chi connectivity index (χ2n) is 9.26. The standard InChI is InChI=1S/C27H28F3N3O3/c1-26(36,27(28,29)30)23-8-6-22(7-9-23)21-4-2-19(3-5-21)16-32-14-15-33(24(18-32)25(34)35)17-20-10-12-31-13-11-20/h2-13,24,36H,14-18H2,1H3,(H,34,35). The van der Waals surface area contributed by atoms with Crippen molar-refractivity contribution in [3.8, 4) is 11.1 Å². The van der Waals surface area contributed by atoms with Crippen LogP contribution in [0.3, 0.4) is 0 Å². The molecule has 0 bridgehead atoms. The first-order valence-corrected chi connectivity index (χ1v) is 11.6. The minimum atomic E-state index is -4.76. The number of pyridine rings is 1. The maximum absolute atomic E-state index is 13.1. The summed E-state index contributed by atoms with van der Waals surface area (Å²) in [4.78, 5) is 20.0. The van der Waals surface area contributed by atoms with E-state index in [1.54, 1.807) is 24.5 Å². The fourth-order valence-corrected chi connectivity index (χ4v) is 4.38. The van der Waals surface area contributed by atoms with Gasteiger partial charge in [-0.15, -0.1) is 0 Å². The molecule has 0 radical (unpaired) electrons. The number of hydrogen-bond acceptors (Lipinski definition) is 5. The van der Waals surface area contributed by atoms with Crippen LogP contribution in [-0.2, 0) is 23.5 Å². The molecule has 2 N–H and O–H groups in total. The minimum absolute atomic E-state index is 0.216. The number of rotatable bonds is 7. The summed E-state index contributed by atoms with van der Waals surface area (Å²) in [5.74, 6) is -0.850. The Bertz CT molecular complexity index is 1170. The molecule has 0 saturated carbocycles. The Balaban J connectivity index is 1.39. The van der Waals surface area contributed by atoms with E-state index in [1.807, 2.05) is 41.3 Å². The van der Waals surface area contributed by atoms with Crippen molar-refractivity contribution in [1.29, 1.82) is 0 Å². The summed E-state index contributed by atoms with van der Waals surface area (Å²) in [6, 6.07) is 16.5. The molecule has 0 aliphatic carbocycles. The molecular weight excluding hydrogens is 471 g/mol. The third-order valence-corrected chi connectivity index (χ3v) is 6.69. The van der Waals surface area contributed by atoms with E-state index in [9.17, 15) is 28.2 Å². The number of alkyl halides is 3. The molecule has 1 saturated heterocycles. The smallest absolute Gasteiger partial charge is 0.421 e. The Labute approximate surface area is 207 Å². The van der Waals surface area contributed by atoms with E-state index in [-0.39, 0.29) is 5.56 Å². The Morgan fingerprint density at radius 2 is 1.47 bits per heavy atom. The zero-order chi connectivity index (χ0) is 25.9. The maximum Gasteiger partial charge on any atom is 0.421 e. The zero-order valence-corrected chi connectivity index (χ0v) is 19.8. The predicted octanol–water partition coefficient (Wildman–Crippen LogP) is 4.29. The molecule has 2 atom stereocenters. The lowest BCUT2D eigenvalue weighted by atomic mass is 9.93. The van der Waals surface area contributed by atoms with E-state index in [1.165, 1.54) is 12.1 Å². The normalized spacial score (nSPS) is 19.1. The highest BCUT2D eigenvalue weighted by Gasteiger charge is 2.51. The van der Waals surface area contributed by atoms with Gasteiger partial charge in [-0.05, 0) is 46.9 Å². The molecular formula is C27H28F3N3O3. The Morgan fingerprint density at radius 1 is 0.917 bits per heavy atom. The molecule has 6 nitrogen and oxygen atoms in total. The van der Waals surface area contributed by atoms with Crippen LogP contribution in [0.25, 0.3) is 11.1 Å². The van der Waals surface area contributed by atoms with Crippen molar-refractivity contribution >= 4 is 5.97 Å². The summed E-state index contributed by atoms with van der Waals surface area (Å²) in [6.07, 6.45) is -1.36. The Morgan fingerprint density at radius 3 is 2.03 bits per heavy atom. The molecule has 2 unspecified atom stereocenters. The van der Waals surface area contributed by atoms with Gasteiger partial charge in [-0.25, -0.2) is 0 Å². The summed E-state index contributed by atoms with van der Waals surface area (Å²) >= 11 is 0. The number of aromatic nitrogens is 1. The fraction of sp³-hybridized carbons (Fsp3) is 0.333. The van der Waals surface area contributed by atoms with Crippen molar-refractivity contribution in [3.63, 3.8) is 0 Å². The number of aliphatic carboxylic acids is 1. The van der Waals surface area contributed by atoms with E-state index in [4.69, 9.17) is 0 Å². The molecule has 2 heterocycles. The van der Waals surface area contributed by atoms with Gasteiger partial charge in [-0.1, -0.05) is 48.5 Å². The summed E-state index contributed by atoms with van der Waals surface area (Å²) in [5.41, 5.74) is 0.483. The molecule has 1 aliphatic heterocycles. The lowest BCUT2D eigenvalue weighted by molar-refractivity contribution is -0.258. The maximum atomic E-state index is 13.1. The highest BCUT2D eigenvalue weighted by molar-refractivity contribution is 5.74. The average Bonchev–Trinajstić information content (AvgIpc) is 2.85. The first-order chi connectivity index (χ1) is 17.0. The lowest BCUT2D eigenvalue weighted by Crippen LogP contribution is -2.55. The van der Waals surface area contributed by atoms with Gasteiger partial charge in [0.1, 0.15) is 6.04 Å². The Hall–Kier alpha value is -3.27. The van der Waals surface area contributed by atoms with Crippen LogP contribution in [0.1, 0.15) is 23.6 Å². The van der Waals surface area contributed by atoms with E-state index < -0.39 is 23.8 Å². The van der Waals surface area contributed by atoms with E-state index in [2.05, 4.69) is 9.88 Å². The van der Waals surface area contributed by atoms with Gasteiger partial charge in [0.25, 0.3) is 0 Å². The quantitative estimate of drug-likeness (QED) is 0.505. The lowest BCUT2D eigenvalue weighted by Gasteiger charge is -2.39. The van der Waals surface area contributed by atoms with Crippen molar-refractivity contribution in [3.05, 3.63) is 89.7 Å². The molecule has 4 rings (SSSR count). The molecule has 36 heavy (non-hydrogen) atoms. The molecule has 2 aromatic carbocycles. The second-order valence-corrected chi connectivity index (χ2v) is 9.26. The van der Waals surface area contributed by atoms with Crippen LogP contribution in [0.4, 0.5) is 13.2 Å². The molecule has 9 heteroatoms. The number of aliphatic hydroxyl groups is 1. The van der Waals surface area contributed by atoms with Crippen LogP contribution >= 0.6 is 0 Å². The van der Waals surface area contributed by atoms with Crippen LogP contribution in [0.5, 0.6) is 0 Å². The average molecular weight is 500 g/mol. The van der Waals surface area contributed by atoms with Crippen molar-refractivity contribution in [2.24, 2.45) is 0 Å². The number of carboxylic acids is 1. The number of halogens is 3. The van der Waals surface area contributed by atoms with E-state index in [0.717, 1.165) is 35.7 Å². The van der Waals surface area contributed by atoms with Crippen molar-refractivity contribution in [1.82, 2.24) is 14.8 Å². The number of benzene rings is 2. The first kappa shape index (κ1) is 25.8. The largest absolute Gasteiger partial charge is 0.480 e. The predicted molar refractivity (Wildman–Crippen MR) is 129 cm³/mol. The van der Waals surface area contributed by atoms with Crippen molar-refractivity contribution in [2.75, 3.05) is 19.6 Å². The van der Waals surface area contributed by atoms with Gasteiger partial charge in [-0.2, -0.15) is 13.2 Å². The zero-order valence-electron chi connectivity index (χ0n) is 19.8. The molecule has 0 amide bonds. The molecule has 0 spiro atoms. The summed E-state index contributed by atoms with van der Waals surface area (Å²) in [6.45, 7) is 3.66. The molecule has 1 aromatic heterocycles. The van der Waals surface area contributed by atoms with Crippen LogP contribution < -0.4 is 0 Å². The SMILES string of the molecule is CC(O)(c1ccc(-c2ccc(CN3CCN(Cc4ccncc4)C(C(=O)O)C3)cc2)cc1)C(F)(F)F. The van der Waals surface area contributed by atoms with Crippen LogP contribution in [-0.4, -0.2) is 62.8 Å². The van der Waals surface area contributed by atoms with E-state index >= 15 is 0 Å². The second kappa shape index (κ2) is 10.4. The van der Waals surface area contributed by atoms with Crippen LogP contribution in [0, 0.1) is 0 Å². The summed E-state index contributed by atoms with van der Waals surface area (Å²) < 4.78 is 39.2. The van der Waals surface area contributed by atoms with Crippen LogP contribution in [0.15, 0.2) is 73.1 Å². The topological polar surface area (TPSA) is 76.9 Å². The number of carbonyl (C=O) groups is 1. The summed E-state index contributed by atoms with van der Waals surface area (Å²) in [7, 11) is 0. The number of carboxylic acid groups (broad SMARTS) is 1. The molecule has 1 aliphatic rings. The van der Waals surface area contributed by atoms with Gasteiger partial charge in [0, 0.05) is 45.1 Å². The summed E-state index contributed by atoms with van der Waals surface area (Å²) in [5, 5.41) is 19.6. The fourth-order valence-electron chi connectivity index (χ4n) is 4.38. The van der Waals surface area contributed by atoms with Crippen LogP contribution in [0.2, 0.25) is 0 Å². The highest BCUT2D eigenvalue weighted by atomic mass is 19.4. The molecule has 3 aromatic rings.